The molecule has 1 saturated carbocycles. The van der Waals surface area contributed by atoms with Crippen LogP contribution in [-0.4, -0.2) is 37.0 Å². The summed E-state index contributed by atoms with van der Waals surface area (Å²) in [5.41, 5.74) is 0. The maximum absolute atomic E-state index is 12.4. The molecule has 1 unspecified atom stereocenters. The lowest BCUT2D eigenvalue weighted by Gasteiger charge is -2.21. The number of nitrogens with one attached hydrogen (secondary N) is 3. The Morgan fingerprint density at radius 1 is 1.43 bits per heavy atom. The first-order valence-corrected chi connectivity index (χ1v) is 7.96. The van der Waals surface area contributed by atoms with Gasteiger partial charge in [-0.3, -0.25) is 9.59 Å². The summed E-state index contributed by atoms with van der Waals surface area (Å²) in [5, 5.41) is 9.09. The first-order chi connectivity index (χ1) is 10.2. The lowest BCUT2D eigenvalue weighted by Crippen LogP contribution is -2.48. The van der Waals surface area contributed by atoms with Crippen LogP contribution in [0.1, 0.15) is 32.1 Å². The highest BCUT2D eigenvalue weighted by Gasteiger charge is 2.42. The van der Waals surface area contributed by atoms with Crippen LogP contribution in [0.5, 0.6) is 0 Å². The van der Waals surface area contributed by atoms with Crippen molar-refractivity contribution in [3.05, 3.63) is 0 Å². The van der Waals surface area contributed by atoms with E-state index < -0.39 is 0 Å². The van der Waals surface area contributed by atoms with Gasteiger partial charge < -0.3 is 16.0 Å². The fourth-order valence-corrected chi connectivity index (χ4v) is 4.06. The number of hydrogen-bond donors (Lipinski definition) is 3. The van der Waals surface area contributed by atoms with Gasteiger partial charge in [-0.05, 0) is 44.1 Å². The van der Waals surface area contributed by atoms with Gasteiger partial charge in [-0.1, -0.05) is 12.3 Å². The van der Waals surface area contributed by atoms with Gasteiger partial charge in [0.15, 0.2) is 0 Å². The quantitative estimate of drug-likeness (QED) is 0.639. The van der Waals surface area contributed by atoms with E-state index in [9.17, 15) is 9.59 Å². The Morgan fingerprint density at radius 2 is 2.29 bits per heavy atom. The van der Waals surface area contributed by atoms with Crippen molar-refractivity contribution >= 4 is 11.8 Å². The fourth-order valence-electron chi connectivity index (χ4n) is 4.06. The third kappa shape index (κ3) is 2.91. The highest BCUT2D eigenvalue weighted by Crippen LogP contribution is 2.37. The van der Waals surface area contributed by atoms with Crippen molar-refractivity contribution in [2.24, 2.45) is 17.8 Å². The van der Waals surface area contributed by atoms with Gasteiger partial charge in [-0.2, -0.15) is 0 Å². The zero-order valence-electron chi connectivity index (χ0n) is 12.2. The zero-order chi connectivity index (χ0) is 14.8. The summed E-state index contributed by atoms with van der Waals surface area (Å²) < 4.78 is 0. The van der Waals surface area contributed by atoms with Crippen molar-refractivity contribution < 1.29 is 9.59 Å². The first-order valence-electron chi connectivity index (χ1n) is 7.96. The number of carbonyl (C=O) groups excluding carboxylic acids is 2. The molecular formula is C16H23N3O2. The standard InChI is InChI=1S/C16H23N3O2/c1-2-12(8-10-6-7-17-15(10)20)19-16(21)14-13-5-3-4-11(13)9-18-14/h1,10-14,18H,3-9H2,(H,17,20)(H,19,21)/t10-,11-,12+,13-,14?/m0/s1. The predicted molar refractivity (Wildman–Crippen MR) is 79.1 cm³/mol. The minimum atomic E-state index is -0.353. The van der Waals surface area contributed by atoms with Crippen molar-refractivity contribution in [2.45, 2.75) is 44.2 Å². The first kappa shape index (κ1) is 14.4. The monoisotopic (exact) mass is 289 g/mol. The second-order valence-electron chi connectivity index (χ2n) is 6.48. The molecule has 2 saturated heterocycles. The van der Waals surface area contributed by atoms with Crippen LogP contribution in [0.3, 0.4) is 0 Å². The fraction of sp³-hybridized carbons (Fsp3) is 0.750. The largest absolute Gasteiger partial charge is 0.356 e. The minimum Gasteiger partial charge on any atom is -0.356 e. The van der Waals surface area contributed by atoms with Crippen LogP contribution in [0.15, 0.2) is 0 Å². The van der Waals surface area contributed by atoms with Gasteiger partial charge >= 0.3 is 0 Å². The van der Waals surface area contributed by atoms with Crippen molar-refractivity contribution in [3.63, 3.8) is 0 Å². The molecule has 2 aliphatic heterocycles. The second-order valence-corrected chi connectivity index (χ2v) is 6.48. The SMILES string of the molecule is C#C[C@H](C[C@@H]1CCNC1=O)NC(=O)C1NC[C@@H]2CCC[C@H]12. The Kier molecular flexibility index (Phi) is 4.16. The number of rotatable bonds is 4. The molecular weight excluding hydrogens is 266 g/mol. The molecule has 2 heterocycles. The van der Waals surface area contributed by atoms with E-state index in [-0.39, 0.29) is 29.8 Å². The smallest absolute Gasteiger partial charge is 0.238 e. The van der Waals surface area contributed by atoms with Crippen LogP contribution in [0.4, 0.5) is 0 Å². The average Bonchev–Trinajstić information content (AvgIpc) is 3.15. The molecule has 3 rings (SSSR count). The number of fused-ring (bicyclic) bond motifs is 1. The molecule has 21 heavy (non-hydrogen) atoms. The summed E-state index contributed by atoms with van der Waals surface area (Å²) in [4.78, 5) is 24.1. The number of carbonyl (C=O) groups is 2. The molecule has 0 aromatic heterocycles. The van der Waals surface area contributed by atoms with E-state index in [4.69, 9.17) is 6.42 Å². The molecule has 114 valence electrons. The molecule has 5 nitrogen and oxygen atoms in total. The Hall–Kier alpha value is -1.54. The molecule has 3 fully saturated rings. The summed E-state index contributed by atoms with van der Waals surface area (Å²) in [5.74, 6) is 3.72. The molecule has 3 aliphatic rings. The normalized spacial score (nSPS) is 35.9. The third-order valence-corrected chi connectivity index (χ3v) is 5.23. The lowest BCUT2D eigenvalue weighted by atomic mass is 9.93. The van der Waals surface area contributed by atoms with Gasteiger partial charge in [0.2, 0.25) is 11.8 Å². The van der Waals surface area contributed by atoms with Crippen LogP contribution in [-0.2, 0) is 9.59 Å². The van der Waals surface area contributed by atoms with E-state index in [1.807, 2.05) is 0 Å². The molecule has 0 spiro atoms. The molecule has 0 aromatic rings. The third-order valence-electron chi connectivity index (χ3n) is 5.23. The summed E-state index contributed by atoms with van der Waals surface area (Å²) in [6.07, 6.45) is 10.4. The molecule has 3 N–H and O–H groups in total. The van der Waals surface area contributed by atoms with E-state index in [2.05, 4.69) is 21.9 Å². The maximum atomic E-state index is 12.4. The van der Waals surface area contributed by atoms with E-state index in [0.29, 0.717) is 24.8 Å². The van der Waals surface area contributed by atoms with E-state index >= 15 is 0 Å². The molecule has 1 aliphatic carbocycles. The van der Waals surface area contributed by atoms with Crippen molar-refractivity contribution in [1.82, 2.24) is 16.0 Å². The van der Waals surface area contributed by atoms with Crippen molar-refractivity contribution in [3.8, 4) is 12.3 Å². The summed E-state index contributed by atoms with van der Waals surface area (Å²) in [6.45, 7) is 1.65. The van der Waals surface area contributed by atoms with Crippen LogP contribution >= 0.6 is 0 Å². The highest BCUT2D eigenvalue weighted by molar-refractivity contribution is 5.84. The van der Waals surface area contributed by atoms with Gasteiger partial charge in [0.1, 0.15) is 0 Å². The summed E-state index contributed by atoms with van der Waals surface area (Å²) >= 11 is 0. The van der Waals surface area contributed by atoms with E-state index in [1.54, 1.807) is 0 Å². The van der Waals surface area contributed by atoms with Crippen LogP contribution in [0.2, 0.25) is 0 Å². The predicted octanol–water partition coefficient (Wildman–Crippen LogP) is 0.0187. The minimum absolute atomic E-state index is 0.00533. The number of hydrogen-bond acceptors (Lipinski definition) is 3. The molecule has 5 atom stereocenters. The lowest BCUT2D eigenvalue weighted by molar-refractivity contribution is -0.125. The molecule has 0 aromatic carbocycles. The molecule has 5 heteroatoms. The molecule has 0 radical (unpaired) electrons. The topological polar surface area (TPSA) is 70.2 Å². The van der Waals surface area contributed by atoms with Gasteiger partial charge in [0, 0.05) is 12.5 Å². The molecule has 2 amide bonds. The number of terminal acetylenes is 1. The Bertz CT molecular complexity index is 471. The Labute approximate surface area is 125 Å². The van der Waals surface area contributed by atoms with E-state index in [1.165, 1.54) is 12.8 Å². The van der Waals surface area contributed by atoms with Gasteiger partial charge in [-0.15, -0.1) is 6.42 Å². The van der Waals surface area contributed by atoms with Crippen molar-refractivity contribution in [2.75, 3.05) is 13.1 Å². The summed E-state index contributed by atoms with van der Waals surface area (Å²) in [7, 11) is 0. The van der Waals surface area contributed by atoms with Crippen LogP contribution < -0.4 is 16.0 Å². The highest BCUT2D eigenvalue weighted by atomic mass is 16.2. The summed E-state index contributed by atoms with van der Waals surface area (Å²) in [6, 6.07) is -0.459. The van der Waals surface area contributed by atoms with Crippen LogP contribution in [0.25, 0.3) is 0 Å². The van der Waals surface area contributed by atoms with Gasteiger partial charge in [0.05, 0.1) is 12.1 Å². The molecule has 0 bridgehead atoms. The Morgan fingerprint density at radius 3 is 3.00 bits per heavy atom. The van der Waals surface area contributed by atoms with E-state index in [0.717, 1.165) is 19.4 Å². The average molecular weight is 289 g/mol. The maximum Gasteiger partial charge on any atom is 0.238 e. The Balaban J connectivity index is 1.55. The zero-order valence-corrected chi connectivity index (χ0v) is 12.2. The second kappa shape index (κ2) is 6.07. The van der Waals surface area contributed by atoms with Gasteiger partial charge in [0.25, 0.3) is 0 Å². The van der Waals surface area contributed by atoms with Gasteiger partial charge in [-0.25, -0.2) is 0 Å². The van der Waals surface area contributed by atoms with Crippen molar-refractivity contribution in [1.29, 1.82) is 0 Å². The number of amides is 2. The van der Waals surface area contributed by atoms with Crippen LogP contribution in [0, 0.1) is 30.1 Å².